The molecule has 6 heteroatoms. The first-order valence-corrected chi connectivity index (χ1v) is 25.4. The maximum atomic E-state index is 9.40. The highest BCUT2D eigenvalue weighted by molar-refractivity contribution is 6.78. The molecule has 198 valence electrons. The summed E-state index contributed by atoms with van der Waals surface area (Å²) >= 11 is 0. The summed E-state index contributed by atoms with van der Waals surface area (Å²) in [4.78, 5) is 12.8. The zero-order chi connectivity index (χ0) is 26.5. The molecule has 0 heterocycles. The van der Waals surface area contributed by atoms with Gasteiger partial charge in [0.1, 0.15) is 0 Å². The molecule has 0 unspecified atom stereocenters. The molecule has 0 atom stereocenters. The SMILES string of the molecule is C=CC[Si](C)(C)CCCC(CCC[Si](C)(C)CC=C)CC[Si](C)(C)CC=C.O=C=NCCC[SiH3]. The summed E-state index contributed by atoms with van der Waals surface area (Å²) in [5.74, 6) is 0.948. The van der Waals surface area contributed by atoms with Crippen molar-refractivity contribution in [2.45, 2.75) is 120 Å². The van der Waals surface area contributed by atoms with E-state index < -0.39 is 24.2 Å². The molecule has 0 bridgehead atoms. The molecule has 0 N–H and O–H groups in total. The first-order valence-electron chi connectivity index (χ1n) is 13.7. The molecule has 0 radical (unpaired) electrons. The van der Waals surface area contributed by atoms with Crippen LogP contribution >= 0.6 is 0 Å². The van der Waals surface area contributed by atoms with Gasteiger partial charge in [-0.05, 0) is 30.5 Å². The van der Waals surface area contributed by atoms with Gasteiger partial charge < -0.3 is 0 Å². The molecule has 2 nitrogen and oxygen atoms in total. The van der Waals surface area contributed by atoms with Gasteiger partial charge >= 0.3 is 0 Å². The van der Waals surface area contributed by atoms with E-state index in [-0.39, 0.29) is 0 Å². The number of isocyanates is 1. The minimum atomic E-state index is -1.07. The number of hydrogen-bond donors (Lipinski definition) is 0. The van der Waals surface area contributed by atoms with E-state index >= 15 is 0 Å². The molecule has 0 aromatic rings. The number of carbonyl (C=O) groups excluding carboxylic acids is 1. The van der Waals surface area contributed by atoms with Crippen molar-refractivity contribution >= 4 is 40.5 Å². The number of nitrogens with zero attached hydrogens (tertiary/aromatic N) is 1. The molecule has 0 saturated carbocycles. The Kier molecular flexibility index (Phi) is 21.6. The van der Waals surface area contributed by atoms with Crippen LogP contribution in [0.5, 0.6) is 0 Å². The van der Waals surface area contributed by atoms with Crippen LogP contribution in [-0.4, -0.2) is 47.1 Å². The second-order valence-electron chi connectivity index (χ2n) is 12.5. The predicted octanol–water partition coefficient (Wildman–Crippen LogP) is 8.73. The maximum Gasteiger partial charge on any atom is 0.234 e. The molecule has 0 aliphatic carbocycles. The largest absolute Gasteiger partial charge is 0.234 e. The third kappa shape index (κ3) is 23.2. The molecule has 0 aliphatic heterocycles. The Morgan fingerprint density at radius 2 is 1.15 bits per heavy atom. The highest BCUT2D eigenvalue weighted by atomic mass is 28.3. The first-order chi connectivity index (χ1) is 15.9. The normalized spacial score (nSPS) is 12.0. The molecule has 0 fully saturated rings. The molecular formula is C28H59NOSi4. The van der Waals surface area contributed by atoms with Gasteiger partial charge in [-0.15, -0.1) is 19.7 Å². The summed E-state index contributed by atoms with van der Waals surface area (Å²) in [7, 11) is -1.94. The summed E-state index contributed by atoms with van der Waals surface area (Å²) in [5, 5.41) is 0. The number of hydrogen-bond acceptors (Lipinski definition) is 2. The molecule has 0 amide bonds. The van der Waals surface area contributed by atoms with Gasteiger partial charge in [0.05, 0.1) is 30.8 Å². The fourth-order valence-electron chi connectivity index (χ4n) is 4.53. The van der Waals surface area contributed by atoms with Crippen LogP contribution in [0.3, 0.4) is 0 Å². The Hall–Kier alpha value is -0.532. The van der Waals surface area contributed by atoms with Gasteiger partial charge in [0.2, 0.25) is 6.08 Å². The number of allylic oxidation sites excluding steroid dienone is 3. The summed E-state index contributed by atoms with van der Waals surface area (Å²) in [6, 6.07) is 9.48. The molecule has 0 spiro atoms. The molecule has 0 saturated heterocycles. The van der Waals surface area contributed by atoms with Crippen molar-refractivity contribution in [1.82, 2.24) is 0 Å². The van der Waals surface area contributed by atoms with E-state index in [1.807, 2.05) is 0 Å². The van der Waals surface area contributed by atoms with Crippen LogP contribution in [-0.2, 0) is 4.79 Å². The van der Waals surface area contributed by atoms with Crippen molar-refractivity contribution in [2.75, 3.05) is 6.54 Å². The minimum Gasteiger partial charge on any atom is -0.211 e. The van der Waals surface area contributed by atoms with Crippen LogP contribution in [0.25, 0.3) is 0 Å². The van der Waals surface area contributed by atoms with E-state index in [0.717, 1.165) is 12.3 Å². The van der Waals surface area contributed by atoms with Crippen molar-refractivity contribution < 1.29 is 4.79 Å². The third-order valence-electron chi connectivity index (χ3n) is 6.94. The van der Waals surface area contributed by atoms with Crippen LogP contribution in [0.1, 0.15) is 38.5 Å². The van der Waals surface area contributed by atoms with Crippen LogP contribution in [0.4, 0.5) is 0 Å². The lowest BCUT2D eigenvalue weighted by atomic mass is 9.96. The minimum absolute atomic E-state index is 0.674. The standard InChI is InChI=1S/C24H50Si3.C4H9NOSi/c1-10-18-25(4,5)21-13-15-24(17-23-27(8,9)20-12-3)16-14-22-26(6,7)19-11-2;6-4-5-2-1-3-7/h10-12,24H,1-3,13-23H2,4-9H3;1-3H2,7H3. The lowest BCUT2D eigenvalue weighted by Crippen LogP contribution is -2.26. The summed E-state index contributed by atoms with van der Waals surface area (Å²) in [6.07, 6.45) is 16.3. The maximum absolute atomic E-state index is 9.40. The van der Waals surface area contributed by atoms with E-state index in [4.69, 9.17) is 0 Å². The van der Waals surface area contributed by atoms with Crippen molar-refractivity contribution in [1.29, 1.82) is 0 Å². The summed E-state index contributed by atoms with van der Waals surface area (Å²) < 4.78 is 0. The average Bonchev–Trinajstić information content (AvgIpc) is 2.72. The van der Waals surface area contributed by atoms with Gasteiger partial charge in [0.15, 0.2) is 0 Å². The van der Waals surface area contributed by atoms with Gasteiger partial charge in [-0.2, -0.15) is 0 Å². The molecule has 0 aromatic heterocycles. The monoisotopic (exact) mass is 537 g/mol. The smallest absolute Gasteiger partial charge is 0.211 e. The molecule has 0 aromatic carbocycles. The average molecular weight is 538 g/mol. The van der Waals surface area contributed by atoms with Gasteiger partial charge in [0.25, 0.3) is 0 Å². The highest BCUT2D eigenvalue weighted by Crippen LogP contribution is 2.30. The second-order valence-corrected chi connectivity index (χ2v) is 29.2. The van der Waals surface area contributed by atoms with Crippen molar-refractivity contribution in [3.8, 4) is 0 Å². The van der Waals surface area contributed by atoms with Crippen LogP contribution in [0, 0.1) is 5.92 Å². The van der Waals surface area contributed by atoms with Gasteiger partial charge in [-0.3, -0.25) is 0 Å². The lowest BCUT2D eigenvalue weighted by molar-refractivity contribution is 0.423. The molecule has 0 aliphatic rings. The summed E-state index contributed by atoms with van der Waals surface area (Å²) in [5.41, 5.74) is 0. The van der Waals surface area contributed by atoms with Crippen molar-refractivity contribution in [3.05, 3.63) is 38.0 Å². The number of aliphatic imine (C=N–C) groups is 1. The molecule has 34 heavy (non-hydrogen) atoms. The van der Waals surface area contributed by atoms with E-state index in [9.17, 15) is 4.79 Å². The Morgan fingerprint density at radius 3 is 1.50 bits per heavy atom. The van der Waals surface area contributed by atoms with E-state index in [1.54, 1.807) is 0 Å². The van der Waals surface area contributed by atoms with E-state index in [1.165, 1.54) is 90.7 Å². The molecular weight excluding hydrogens is 479 g/mol. The fraction of sp³-hybridized carbons (Fsp3) is 0.750. The van der Waals surface area contributed by atoms with Gasteiger partial charge in [0, 0.05) is 10.2 Å². The van der Waals surface area contributed by atoms with E-state index in [2.05, 4.69) is 82.2 Å². The van der Waals surface area contributed by atoms with Crippen LogP contribution in [0.2, 0.25) is 81.6 Å². The quantitative estimate of drug-likeness (QED) is 0.0502. The molecule has 0 rings (SSSR count). The Labute approximate surface area is 220 Å². The lowest BCUT2D eigenvalue weighted by Gasteiger charge is -2.27. The zero-order valence-corrected chi connectivity index (χ0v) is 29.2. The highest BCUT2D eigenvalue weighted by Gasteiger charge is 2.24. The van der Waals surface area contributed by atoms with Crippen molar-refractivity contribution in [3.63, 3.8) is 0 Å². The van der Waals surface area contributed by atoms with Crippen LogP contribution in [0.15, 0.2) is 43.0 Å². The number of rotatable bonds is 20. The fourth-order valence-corrected chi connectivity index (χ4v) is 11.3. The van der Waals surface area contributed by atoms with Gasteiger partial charge in [-0.25, -0.2) is 9.79 Å². The van der Waals surface area contributed by atoms with Crippen LogP contribution < -0.4 is 0 Å². The third-order valence-corrected chi connectivity index (χ3v) is 16.9. The van der Waals surface area contributed by atoms with Crippen molar-refractivity contribution in [2.24, 2.45) is 10.9 Å². The Morgan fingerprint density at radius 1 is 0.735 bits per heavy atom. The topological polar surface area (TPSA) is 29.4 Å². The Balaban J connectivity index is 0. The van der Waals surface area contributed by atoms with E-state index in [0.29, 0.717) is 6.54 Å². The Bertz CT molecular complexity index is 567. The van der Waals surface area contributed by atoms with Gasteiger partial charge in [-0.1, -0.05) is 114 Å². The zero-order valence-electron chi connectivity index (χ0n) is 24.2. The summed E-state index contributed by atoms with van der Waals surface area (Å²) in [6.45, 7) is 27.8. The first kappa shape index (κ1) is 35.6. The predicted molar refractivity (Wildman–Crippen MR) is 171 cm³/mol. The second kappa shape index (κ2) is 20.6.